The molecule has 0 aliphatic rings. The van der Waals surface area contributed by atoms with E-state index in [1.165, 1.54) is 0 Å². The monoisotopic (exact) mass is 287 g/mol. The second kappa shape index (κ2) is 6.59. The van der Waals surface area contributed by atoms with Gasteiger partial charge in [-0.3, -0.25) is 4.79 Å². The molecule has 0 unspecified atom stereocenters. The van der Waals surface area contributed by atoms with Gasteiger partial charge < -0.3 is 14.7 Å². The van der Waals surface area contributed by atoms with Crippen LogP contribution in [-0.2, 0) is 4.79 Å². The van der Waals surface area contributed by atoms with E-state index >= 15 is 0 Å². The van der Waals surface area contributed by atoms with E-state index in [0.29, 0.717) is 18.8 Å². The van der Waals surface area contributed by atoms with Gasteiger partial charge in [0.2, 0.25) is 5.91 Å². The average Bonchev–Trinajstić information content (AvgIpc) is 2.46. The van der Waals surface area contributed by atoms with E-state index < -0.39 is 6.10 Å². The molecule has 112 valence electrons. The van der Waals surface area contributed by atoms with Crippen LogP contribution >= 0.6 is 0 Å². The van der Waals surface area contributed by atoms with Crippen molar-refractivity contribution in [3.63, 3.8) is 0 Å². The Hall–Kier alpha value is -2.07. The number of aliphatic hydroxyl groups excluding tert-OH is 1. The maximum absolute atomic E-state index is 11.6. The Kier molecular flexibility index (Phi) is 4.81. The number of carbonyl (C=O) groups is 1. The molecule has 0 heterocycles. The number of rotatable bonds is 5. The number of fused-ring (bicyclic) bond motifs is 1. The first-order valence-corrected chi connectivity index (χ1v) is 7.03. The van der Waals surface area contributed by atoms with Crippen LogP contribution in [0.25, 0.3) is 10.8 Å². The van der Waals surface area contributed by atoms with Gasteiger partial charge in [0.1, 0.15) is 5.75 Å². The molecular formula is C17H21NO3. The minimum atomic E-state index is -0.617. The Bertz CT molecular complexity index is 635. The molecule has 21 heavy (non-hydrogen) atoms. The zero-order chi connectivity index (χ0) is 15.4. The first-order valence-electron chi connectivity index (χ1n) is 7.03. The van der Waals surface area contributed by atoms with Crippen LogP contribution in [0.3, 0.4) is 0 Å². The minimum absolute atomic E-state index is 0.0221. The van der Waals surface area contributed by atoms with Crippen molar-refractivity contribution in [3.8, 4) is 5.75 Å². The first kappa shape index (κ1) is 15.3. The van der Waals surface area contributed by atoms with Crippen LogP contribution in [0.5, 0.6) is 5.75 Å². The van der Waals surface area contributed by atoms with E-state index in [9.17, 15) is 9.90 Å². The van der Waals surface area contributed by atoms with Gasteiger partial charge in [-0.15, -0.1) is 0 Å². The summed E-state index contributed by atoms with van der Waals surface area (Å²) < 4.78 is 5.83. The number of nitrogens with zero attached hydrogens (tertiary/aromatic N) is 1. The van der Waals surface area contributed by atoms with Crippen molar-refractivity contribution in [3.05, 3.63) is 42.0 Å². The minimum Gasteiger partial charge on any atom is -0.492 e. The van der Waals surface area contributed by atoms with Gasteiger partial charge in [0.05, 0.1) is 19.1 Å². The van der Waals surface area contributed by atoms with Crippen molar-refractivity contribution in [2.75, 3.05) is 20.7 Å². The lowest BCUT2D eigenvalue weighted by Gasteiger charge is -2.17. The summed E-state index contributed by atoms with van der Waals surface area (Å²) in [6.07, 6.45) is -0.302. The maximum Gasteiger partial charge on any atom is 0.225 e. The predicted octanol–water partition coefficient (Wildman–Crippen LogP) is 2.75. The zero-order valence-electron chi connectivity index (χ0n) is 12.7. The Labute approximate surface area is 124 Å². The highest BCUT2D eigenvalue weighted by Gasteiger charge is 2.13. The number of hydrogen-bond acceptors (Lipinski definition) is 3. The molecular weight excluding hydrogens is 266 g/mol. The molecule has 0 radical (unpaired) electrons. The third-order valence-electron chi connectivity index (χ3n) is 3.42. The molecule has 2 aromatic carbocycles. The van der Waals surface area contributed by atoms with Crippen LogP contribution in [0.2, 0.25) is 0 Å². The van der Waals surface area contributed by atoms with Crippen molar-refractivity contribution in [2.24, 2.45) is 0 Å². The molecule has 0 spiro atoms. The molecule has 0 fully saturated rings. The molecule has 0 aliphatic carbocycles. The van der Waals surface area contributed by atoms with Gasteiger partial charge in [-0.2, -0.15) is 0 Å². The van der Waals surface area contributed by atoms with E-state index in [1.54, 1.807) is 25.9 Å². The van der Waals surface area contributed by atoms with Crippen molar-refractivity contribution in [2.45, 2.75) is 19.4 Å². The summed E-state index contributed by atoms with van der Waals surface area (Å²) in [5, 5.41) is 11.9. The van der Waals surface area contributed by atoms with Crippen molar-refractivity contribution in [1.82, 2.24) is 4.90 Å². The Balaban J connectivity index is 2.27. The van der Waals surface area contributed by atoms with E-state index in [2.05, 4.69) is 0 Å². The second-order valence-corrected chi connectivity index (χ2v) is 5.27. The summed E-state index contributed by atoms with van der Waals surface area (Å²) in [5.74, 6) is 0.684. The van der Waals surface area contributed by atoms with Crippen LogP contribution in [0, 0.1) is 0 Å². The lowest BCUT2D eigenvalue weighted by molar-refractivity contribution is -0.129. The van der Waals surface area contributed by atoms with Crippen molar-refractivity contribution >= 4 is 16.7 Å². The van der Waals surface area contributed by atoms with Crippen LogP contribution in [-0.4, -0.2) is 36.6 Å². The molecule has 2 rings (SSSR count). The molecule has 0 bridgehead atoms. The molecule has 4 nitrogen and oxygen atoms in total. The Morgan fingerprint density at radius 2 is 1.95 bits per heavy atom. The highest BCUT2D eigenvalue weighted by molar-refractivity contribution is 5.89. The van der Waals surface area contributed by atoms with Crippen LogP contribution < -0.4 is 4.74 Å². The Morgan fingerprint density at radius 3 is 2.62 bits per heavy atom. The van der Waals surface area contributed by atoms with E-state index in [-0.39, 0.29) is 5.91 Å². The summed E-state index contributed by atoms with van der Waals surface area (Å²) in [5.41, 5.74) is 0.742. The third-order valence-corrected chi connectivity index (χ3v) is 3.42. The van der Waals surface area contributed by atoms with E-state index in [1.807, 2.05) is 36.4 Å². The standard InChI is InChI=1S/C17H21NO3/c1-12(19)14-9-8-13-6-4-5-7-15(13)17(14)21-11-10-16(20)18(2)3/h4-9,12,19H,10-11H2,1-3H3/t12-/m0/s1. The maximum atomic E-state index is 11.6. The molecule has 1 amide bonds. The lowest BCUT2D eigenvalue weighted by atomic mass is 10.0. The molecule has 4 heteroatoms. The summed E-state index contributed by atoms with van der Waals surface area (Å²) in [4.78, 5) is 13.2. The number of amides is 1. The van der Waals surface area contributed by atoms with Crippen LogP contribution in [0.15, 0.2) is 36.4 Å². The molecule has 0 aliphatic heterocycles. The molecule has 0 saturated carbocycles. The lowest BCUT2D eigenvalue weighted by Crippen LogP contribution is -2.23. The average molecular weight is 287 g/mol. The van der Waals surface area contributed by atoms with Gasteiger partial charge in [0.15, 0.2) is 0 Å². The van der Waals surface area contributed by atoms with Gasteiger partial charge in [0, 0.05) is 25.0 Å². The van der Waals surface area contributed by atoms with Crippen LogP contribution in [0.1, 0.15) is 25.0 Å². The number of hydrogen-bond donors (Lipinski definition) is 1. The fourth-order valence-corrected chi connectivity index (χ4v) is 2.21. The smallest absolute Gasteiger partial charge is 0.225 e. The number of benzene rings is 2. The highest BCUT2D eigenvalue weighted by Crippen LogP contribution is 2.33. The van der Waals surface area contributed by atoms with Gasteiger partial charge in [-0.25, -0.2) is 0 Å². The quantitative estimate of drug-likeness (QED) is 0.920. The summed E-state index contributed by atoms with van der Waals surface area (Å²) >= 11 is 0. The third kappa shape index (κ3) is 3.52. The summed E-state index contributed by atoms with van der Waals surface area (Å²) in [6.45, 7) is 2.01. The fourth-order valence-electron chi connectivity index (χ4n) is 2.21. The molecule has 2 aromatic rings. The molecule has 0 saturated heterocycles. The SMILES string of the molecule is C[C@H](O)c1ccc2ccccc2c1OCCC(=O)N(C)C. The fraction of sp³-hybridized carbons (Fsp3) is 0.353. The zero-order valence-corrected chi connectivity index (χ0v) is 12.7. The van der Waals surface area contributed by atoms with Gasteiger partial charge >= 0.3 is 0 Å². The van der Waals surface area contributed by atoms with Gasteiger partial charge in [0.25, 0.3) is 0 Å². The molecule has 0 aromatic heterocycles. The first-order chi connectivity index (χ1) is 10.0. The van der Waals surface area contributed by atoms with Crippen LogP contribution in [0.4, 0.5) is 0 Å². The number of carbonyl (C=O) groups excluding carboxylic acids is 1. The van der Waals surface area contributed by atoms with Crippen molar-refractivity contribution < 1.29 is 14.6 Å². The normalized spacial score (nSPS) is 12.2. The second-order valence-electron chi connectivity index (χ2n) is 5.27. The van der Waals surface area contributed by atoms with Crippen molar-refractivity contribution in [1.29, 1.82) is 0 Å². The molecule has 1 N–H and O–H groups in total. The van der Waals surface area contributed by atoms with E-state index in [0.717, 1.165) is 16.3 Å². The summed E-state index contributed by atoms with van der Waals surface area (Å²) in [7, 11) is 3.45. The number of aliphatic hydroxyl groups is 1. The van der Waals surface area contributed by atoms with Gasteiger partial charge in [-0.1, -0.05) is 36.4 Å². The predicted molar refractivity (Wildman–Crippen MR) is 83.4 cm³/mol. The highest BCUT2D eigenvalue weighted by atomic mass is 16.5. The summed E-state index contributed by atoms with van der Waals surface area (Å²) in [6, 6.07) is 11.7. The van der Waals surface area contributed by atoms with E-state index in [4.69, 9.17) is 4.74 Å². The largest absolute Gasteiger partial charge is 0.492 e. The van der Waals surface area contributed by atoms with Gasteiger partial charge in [-0.05, 0) is 12.3 Å². The molecule has 1 atom stereocenters. The Morgan fingerprint density at radius 1 is 1.24 bits per heavy atom. The topological polar surface area (TPSA) is 49.8 Å². The number of ether oxygens (including phenoxy) is 1.